The molecule has 3 rings (SSSR count). The summed E-state index contributed by atoms with van der Waals surface area (Å²) < 4.78 is 1.49. The fraction of sp³-hybridized carbons (Fsp3) is 0.286. The SMILES string of the molecule is CC(=O)c1c(C)cc(C)c(Cn2nc(-c3ccc(C)s3)ccc2=O)c1C. The van der Waals surface area contributed by atoms with E-state index in [1.165, 1.54) is 9.56 Å². The first-order valence-electron chi connectivity index (χ1n) is 8.53. The Kier molecular flexibility index (Phi) is 4.92. The third kappa shape index (κ3) is 3.40. The molecule has 0 unspecified atom stereocenters. The zero-order valence-corrected chi connectivity index (χ0v) is 16.5. The van der Waals surface area contributed by atoms with Crippen LogP contribution in [0.4, 0.5) is 0 Å². The second kappa shape index (κ2) is 7.00. The highest BCUT2D eigenvalue weighted by atomic mass is 32.1. The van der Waals surface area contributed by atoms with E-state index >= 15 is 0 Å². The Balaban J connectivity index is 2.08. The topological polar surface area (TPSA) is 52.0 Å². The maximum Gasteiger partial charge on any atom is 0.267 e. The predicted molar refractivity (Wildman–Crippen MR) is 106 cm³/mol. The summed E-state index contributed by atoms with van der Waals surface area (Å²) >= 11 is 1.65. The highest BCUT2D eigenvalue weighted by Crippen LogP contribution is 2.26. The first-order chi connectivity index (χ1) is 12.3. The van der Waals surface area contributed by atoms with Gasteiger partial charge in [0.1, 0.15) is 5.69 Å². The van der Waals surface area contributed by atoms with Crippen LogP contribution in [0.3, 0.4) is 0 Å². The fourth-order valence-corrected chi connectivity index (χ4v) is 4.26. The molecule has 2 heterocycles. The average Bonchev–Trinajstić information content (AvgIpc) is 2.98. The molecule has 0 atom stereocenters. The standard InChI is InChI=1S/C21H22N2O2S/c1-12-10-13(2)21(16(5)24)15(4)17(12)11-23-20(25)9-7-18(22-23)19-8-6-14(3)26-19/h6-10H,11H2,1-5H3. The number of ketones is 1. The van der Waals surface area contributed by atoms with E-state index in [-0.39, 0.29) is 11.3 Å². The largest absolute Gasteiger partial charge is 0.294 e. The summed E-state index contributed by atoms with van der Waals surface area (Å²) in [7, 11) is 0. The van der Waals surface area contributed by atoms with Crippen molar-refractivity contribution in [2.45, 2.75) is 41.2 Å². The molecule has 0 aliphatic heterocycles. The van der Waals surface area contributed by atoms with Crippen LogP contribution in [0.15, 0.2) is 35.1 Å². The van der Waals surface area contributed by atoms with Crippen LogP contribution in [-0.2, 0) is 6.54 Å². The van der Waals surface area contributed by atoms with E-state index in [0.29, 0.717) is 6.54 Å². The van der Waals surface area contributed by atoms with Gasteiger partial charge in [0.15, 0.2) is 5.78 Å². The average molecular weight is 366 g/mol. The van der Waals surface area contributed by atoms with Crippen molar-refractivity contribution in [2.75, 3.05) is 0 Å². The summed E-state index contributed by atoms with van der Waals surface area (Å²) in [5.74, 6) is 0.0457. The molecule has 134 valence electrons. The van der Waals surface area contributed by atoms with E-state index in [2.05, 4.69) is 5.10 Å². The minimum atomic E-state index is -0.147. The van der Waals surface area contributed by atoms with Crippen LogP contribution in [-0.4, -0.2) is 15.6 Å². The first kappa shape index (κ1) is 18.3. The Hall–Kier alpha value is -2.53. The minimum absolute atomic E-state index is 0.0457. The number of thiophene rings is 1. The maximum absolute atomic E-state index is 12.4. The van der Waals surface area contributed by atoms with Gasteiger partial charge in [-0.3, -0.25) is 9.59 Å². The number of carbonyl (C=O) groups is 1. The van der Waals surface area contributed by atoms with E-state index in [4.69, 9.17) is 0 Å². The molecule has 3 aromatic rings. The van der Waals surface area contributed by atoms with Crippen molar-refractivity contribution in [3.05, 3.63) is 73.4 Å². The van der Waals surface area contributed by atoms with Gasteiger partial charge < -0.3 is 0 Å². The van der Waals surface area contributed by atoms with Crippen LogP contribution in [0.1, 0.15) is 44.4 Å². The van der Waals surface area contributed by atoms with Gasteiger partial charge in [-0.2, -0.15) is 5.10 Å². The molecule has 0 fully saturated rings. The zero-order chi connectivity index (χ0) is 19.0. The lowest BCUT2D eigenvalue weighted by Crippen LogP contribution is -2.24. The lowest BCUT2D eigenvalue weighted by Gasteiger charge is -2.16. The Morgan fingerprint density at radius 2 is 1.81 bits per heavy atom. The molecule has 2 aromatic heterocycles. The molecule has 0 N–H and O–H groups in total. The summed E-state index contributed by atoms with van der Waals surface area (Å²) in [5, 5.41) is 4.56. The van der Waals surface area contributed by atoms with Crippen LogP contribution >= 0.6 is 11.3 Å². The van der Waals surface area contributed by atoms with Crippen molar-refractivity contribution < 1.29 is 4.79 Å². The van der Waals surface area contributed by atoms with Gasteiger partial charge in [-0.05, 0) is 75.1 Å². The second-order valence-corrected chi connectivity index (χ2v) is 7.96. The Morgan fingerprint density at radius 1 is 1.08 bits per heavy atom. The minimum Gasteiger partial charge on any atom is -0.294 e. The van der Waals surface area contributed by atoms with Crippen molar-refractivity contribution in [3.63, 3.8) is 0 Å². The summed E-state index contributed by atoms with van der Waals surface area (Å²) in [6.45, 7) is 9.89. The normalized spacial score (nSPS) is 11.0. The van der Waals surface area contributed by atoms with Gasteiger partial charge in [0.25, 0.3) is 5.56 Å². The van der Waals surface area contributed by atoms with E-state index in [9.17, 15) is 9.59 Å². The van der Waals surface area contributed by atoms with Crippen LogP contribution in [0.2, 0.25) is 0 Å². The highest BCUT2D eigenvalue weighted by molar-refractivity contribution is 7.15. The quantitative estimate of drug-likeness (QED) is 0.641. The lowest BCUT2D eigenvalue weighted by atomic mass is 9.91. The summed E-state index contributed by atoms with van der Waals surface area (Å²) in [4.78, 5) is 26.6. The molecular weight excluding hydrogens is 344 g/mol. The molecule has 26 heavy (non-hydrogen) atoms. The van der Waals surface area contributed by atoms with Crippen LogP contribution in [0, 0.1) is 27.7 Å². The van der Waals surface area contributed by atoms with Crippen molar-refractivity contribution >= 4 is 17.1 Å². The van der Waals surface area contributed by atoms with Crippen LogP contribution in [0.5, 0.6) is 0 Å². The Morgan fingerprint density at radius 3 is 2.42 bits per heavy atom. The molecule has 0 bridgehead atoms. The van der Waals surface area contributed by atoms with Crippen molar-refractivity contribution in [2.24, 2.45) is 0 Å². The van der Waals surface area contributed by atoms with Crippen LogP contribution in [0.25, 0.3) is 10.6 Å². The van der Waals surface area contributed by atoms with Crippen LogP contribution < -0.4 is 5.56 Å². The Labute approximate surface area is 157 Å². The zero-order valence-electron chi connectivity index (χ0n) is 15.7. The fourth-order valence-electron chi connectivity index (χ4n) is 3.43. The molecule has 0 saturated carbocycles. The monoisotopic (exact) mass is 366 g/mol. The Bertz CT molecular complexity index is 1060. The van der Waals surface area contributed by atoms with Gasteiger partial charge in [0, 0.05) is 16.5 Å². The third-order valence-corrected chi connectivity index (χ3v) is 5.67. The number of carbonyl (C=O) groups excluding carboxylic acids is 1. The highest BCUT2D eigenvalue weighted by Gasteiger charge is 2.16. The molecule has 5 heteroatoms. The number of nitrogens with zero attached hydrogens (tertiary/aromatic N) is 2. The lowest BCUT2D eigenvalue weighted by molar-refractivity contribution is 0.101. The number of hydrogen-bond acceptors (Lipinski definition) is 4. The predicted octanol–water partition coefficient (Wildman–Crippen LogP) is 4.46. The summed E-state index contributed by atoms with van der Waals surface area (Å²) in [6.07, 6.45) is 0. The smallest absolute Gasteiger partial charge is 0.267 e. The van der Waals surface area contributed by atoms with Crippen molar-refractivity contribution in [1.29, 1.82) is 0 Å². The maximum atomic E-state index is 12.4. The molecule has 0 aliphatic rings. The number of aromatic nitrogens is 2. The summed E-state index contributed by atoms with van der Waals surface area (Å²) in [5.41, 5.74) is 5.33. The molecule has 0 amide bonds. The number of benzene rings is 1. The van der Waals surface area contributed by atoms with Gasteiger partial charge in [-0.25, -0.2) is 4.68 Å². The van der Waals surface area contributed by atoms with E-state index in [0.717, 1.165) is 38.4 Å². The summed E-state index contributed by atoms with van der Waals surface area (Å²) in [6, 6.07) is 9.40. The molecule has 0 saturated heterocycles. The molecule has 0 aliphatic carbocycles. The molecule has 1 aromatic carbocycles. The first-order valence-corrected chi connectivity index (χ1v) is 9.35. The molecular formula is C21H22N2O2S. The van der Waals surface area contributed by atoms with Gasteiger partial charge >= 0.3 is 0 Å². The van der Waals surface area contributed by atoms with Crippen molar-refractivity contribution in [3.8, 4) is 10.6 Å². The number of Topliss-reactive ketones (excluding diaryl/α,β-unsaturated/α-hetero) is 1. The van der Waals surface area contributed by atoms with Gasteiger partial charge in [-0.15, -0.1) is 11.3 Å². The molecule has 0 spiro atoms. The van der Waals surface area contributed by atoms with E-state index < -0.39 is 0 Å². The molecule has 0 radical (unpaired) electrons. The third-order valence-electron chi connectivity index (χ3n) is 4.65. The second-order valence-electron chi connectivity index (χ2n) is 6.67. The molecule has 4 nitrogen and oxygen atoms in total. The number of rotatable bonds is 4. The van der Waals surface area contributed by atoms with Gasteiger partial charge in [0.05, 0.1) is 11.4 Å². The van der Waals surface area contributed by atoms with Gasteiger partial charge in [-0.1, -0.05) is 6.07 Å². The van der Waals surface area contributed by atoms with E-state index in [1.807, 2.05) is 45.9 Å². The van der Waals surface area contributed by atoms with E-state index in [1.54, 1.807) is 30.4 Å². The number of aryl methyl sites for hydroxylation is 3. The van der Waals surface area contributed by atoms with Gasteiger partial charge in [0.2, 0.25) is 0 Å². The van der Waals surface area contributed by atoms with Crippen molar-refractivity contribution in [1.82, 2.24) is 9.78 Å². The number of hydrogen-bond donors (Lipinski definition) is 0.